The van der Waals surface area contributed by atoms with Gasteiger partial charge in [-0.15, -0.1) is 0 Å². The van der Waals surface area contributed by atoms with E-state index in [2.05, 4.69) is 12.2 Å². The highest BCUT2D eigenvalue weighted by Crippen LogP contribution is 1.91. The van der Waals surface area contributed by atoms with Crippen molar-refractivity contribution in [1.82, 2.24) is 5.32 Å². The summed E-state index contributed by atoms with van der Waals surface area (Å²) in [5, 5.41) is 3.09. The summed E-state index contributed by atoms with van der Waals surface area (Å²) in [4.78, 5) is 0. The molecule has 0 fully saturated rings. The molecule has 3 nitrogen and oxygen atoms in total. The number of nitrogens with one attached hydrogen (secondary N) is 1. The van der Waals surface area contributed by atoms with Crippen LogP contribution in [0, 0.1) is 0 Å². The summed E-state index contributed by atoms with van der Waals surface area (Å²) in [5.74, 6) is 0. The van der Waals surface area contributed by atoms with Crippen LogP contribution in [0.3, 0.4) is 0 Å². The third-order valence-electron chi connectivity index (χ3n) is 1.45. The van der Waals surface area contributed by atoms with Crippen molar-refractivity contribution in [2.24, 2.45) is 11.5 Å². The monoisotopic (exact) mass is 131 g/mol. The minimum Gasteiger partial charge on any atom is -0.329 e. The highest BCUT2D eigenvalue weighted by Gasteiger charge is 2.03. The minimum atomic E-state index is 0.146. The van der Waals surface area contributed by atoms with E-state index in [0.717, 1.165) is 6.42 Å². The normalized spacial score (nSPS) is 17.3. The van der Waals surface area contributed by atoms with E-state index in [1.54, 1.807) is 0 Å². The summed E-state index contributed by atoms with van der Waals surface area (Å²) in [6.45, 7) is 2.67. The molecule has 0 radical (unpaired) electrons. The van der Waals surface area contributed by atoms with Gasteiger partial charge in [-0.2, -0.15) is 0 Å². The van der Waals surface area contributed by atoms with Crippen LogP contribution in [-0.4, -0.2) is 25.7 Å². The Labute approximate surface area is 56.8 Å². The maximum absolute atomic E-state index is 5.58. The lowest BCUT2D eigenvalue weighted by atomic mass is 10.1. The molecular formula is C6H17N3. The average Bonchev–Trinajstić information content (AvgIpc) is 1.87. The molecule has 0 aliphatic heterocycles. The van der Waals surface area contributed by atoms with Crippen LogP contribution < -0.4 is 16.8 Å². The smallest absolute Gasteiger partial charge is 0.0177 e. The van der Waals surface area contributed by atoms with Crippen LogP contribution >= 0.6 is 0 Å². The molecule has 0 aliphatic rings. The minimum absolute atomic E-state index is 0.146. The molecule has 0 aromatic heterocycles. The zero-order chi connectivity index (χ0) is 7.28. The first-order valence-corrected chi connectivity index (χ1v) is 3.33. The van der Waals surface area contributed by atoms with Gasteiger partial charge in [-0.25, -0.2) is 0 Å². The van der Waals surface area contributed by atoms with Gasteiger partial charge in [-0.05, 0) is 20.4 Å². The van der Waals surface area contributed by atoms with Crippen molar-refractivity contribution in [1.29, 1.82) is 0 Å². The average molecular weight is 131 g/mol. The molecule has 0 amide bonds. The molecule has 9 heavy (non-hydrogen) atoms. The molecule has 0 aliphatic carbocycles. The molecule has 2 unspecified atom stereocenters. The summed E-state index contributed by atoms with van der Waals surface area (Å²) in [7, 11) is 1.92. The predicted octanol–water partition coefficient (Wildman–Crippen LogP) is -0.730. The summed E-state index contributed by atoms with van der Waals surface area (Å²) in [6.07, 6.45) is 0.951. The van der Waals surface area contributed by atoms with E-state index >= 15 is 0 Å². The summed E-state index contributed by atoms with van der Waals surface area (Å²) in [5.41, 5.74) is 10.9. The quantitative estimate of drug-likeness (QED) is 0.471. The lowest BCUT2D eigenvalue weighted by Crippen LogP contribution is -2.36. The van der Waals surface area contributed by atoms with E-state index in [9.17, 15) is 0 Å². The zero-order valence-corrected chi connectivity index (χ0v) is 6.22. The fourth-order valence-electron chi connectivity index (χ4n) is 0.668. The molecule has 0 bridgehead atoms. The number of rotatable bonds is 4. The molecule has 56 valence electrons. The molecule has 0 saturated heterocycles. The van der Waals surface area contributed by atoms with Gasteiger partial charge in [-0.1, -0.05) is 0 Å². The van der Waals surface area contributed by atoms with Crippen LogP contribution in [0.15, 0.2) is 0 Å². The van der Waals surface area contributed by atoms with Crippen LogP contribution in [0.5, 0.6) is 0 Å². The van der Waals surface area contributed by atoms with Gasteiger partial charge in [0.2, 0.25) is 0 Å². The first-order valence-electron chi connectivity index (χ1n) is 3.33. The van der Waals surface area contributed by atoms with E-state index < -0.39 is 0 Å². The molecule has 0 saturated carbocycles. The second kappa shape index (κ2) is 4.73. The molecule has 3 heteroatoms. The molecule has 0 aromatic carbocycles. The molecule has 0 heterocycles. The van der Waals surface area contributed by atoms with Crippen LogP contribution in [0.25, 0.3) is 0 Å². The molecule has 0 aromatic rings. The van der Waals surface area contributed by atoms with Gasteiger partial charge < -0.3 is 16.8 Å². The van der Waals surface area contributed by atoms with Crippen molar-refractivity contribution in [3.8, 4) is 0 Å². The van der Waals surface area contributed by atoms with Crippen molar-refractivity contribution in [2.75, 3.05) is 13.6 Å². The van der Waals surface area contributed by atoms with E-state index in [1.165, 1.54) is 0 Å². The van der Waals surface area contributed by atoms with Gasteiger partial charge in [0.1, 0.15) is 0 Å². The Hall–Kier alpha value is -0.120. The number of hydrogen-bond donors (Lipinski definition) is 3. The lowest BCUT2D eigenvalue weighted by molar-refractivity contribution is 0.497. The zero-order valence-electron chi connectivity index (χ0n) is 6.22. The van der Waals surface area contributed by atoms with Gasteiger partial charge in [-0.3, -0.25) is 0 Å². The van der Waals surface area contributed by atoms with E-state index in [4.69, 9.17) is 11.5 Å². The van der Waals surface area contributed by atoms with Crippen LogP contribution in [-0.2, 0) is 0 Å². The van der Waals surface area contributed by atoms with Crippen molar-refractivity contribution < 1.29 is 0 Å². The Balaban J connectivity index is 3.22. The molecule has 2 atom stereocenters. The second-order valence-corrected chi connectivity index (χ2v) is 2.42. The maximum atomic E-state index is 5.58. The Bertz CT molecular complexity index is 57.3. The Morgan fingerprint density at radius 3 is 2.44 bits per heavy atom. The molecule has 5 N–H and O–H groups in total. The predicted molar refractivity (Wildman–Crippen MR) is 40.2 cm³/mol. The highest BCUT2D eigenvalue weighted by molar-refractivity contribution is 4.68. The Morgan fingerprint density at radius 2 is 2.11 bits per heavy atom. The maximum Gasteiger partial charge on any atom is 0.0177 e. The number of nitrogens with two attached hydrogens (primary N) is 2. The van der Waals surface area contributed by atoms with Gasteiger partial charge >= 0.3 is 0 Å². The molecule has 0 spiro atoms. The van der Waals surface area contributed by atoms with E-state index in [1.807, 2.05) is 7.05 Å². The summed E-state index contributed by atoms with van der Waals surface area (Å²) in [6, 6.07) is 0.621. The van der Waals surface area contributed by atoms with E-state index in [0.29, 0.717) is 12.6 Å². The molecular weight excluding hydrogens is 114 g/mol. The molecule has 0 rings (SSSR count). The number of hydrogen-bond acceptors (Lipinski definition) is 3. The van der Waals surface area contributed by atoms with Crippen molar-refractivity contribution in [3.05, 3.63) is 0 Å². The summed E-state index contributed by atoms with van der Waals surface area (Å²) < 4.78 is 0. The second-order valence-electron chi connectivity index (χ2n) is 2.42. The third kappa shape index (κ3) is 4.39. The fourth-order valence-corrected chi connectivity index (χ4v) is 0.668. The van der Waals surface area contributed by atoms with Crippen LogP contribution in [0.1, 0.15) is 13.3 Å². The third-order valence-corrected chi connectivity index (χ3v) is 1.45. The van der Waals surface area contributed by atoms with Gasteiger partial charge in [0, 0.05) is 18.6 Å². The topological polar surface area (TPSA) is 64.1 Å². The van der Waals surface area contributed by atoms with Gasteiger partial charge in [0.25, 0.3) is 0 Å². The SMILES string of the molecule is CNC(C)CC(N)CN. The van der Waals surface area contributed by atoms with Crippen molar-refractivity contribution in [2.45, 2.75) is 25.4 Å². The van der Waals surface area contributed by atoms with Gasteiger partial charge in [0.15, 0.2) is 0 Å². The highest BCUT2D eigenvalue weighted by atomic mass is 14.9. The Kier molecular flexibility index (Phi) is 4.67. The lowest BCUT2D eigenvalue weighted by Gasteiger charge is -2.14. The standard InChI is InChI=1S/C6H17N3/c1-5(9-2)3-6(8)4-7/h5-6,9H,3-4,7-8H2,1-2H3. The van der Waals surface area contributed by atoms with E-state index in [-0.39, 0.29) is 6.04 Å². The van der Waals surface area contributed by atoms with Crippen LogP contribution in [0.4, 0.5) is 0 Å². The van der Waals surface area contributed by atoms with Crippen molar-refractivity contribution >= 4 is 0 Å². The largest absolute Gasteiger partial charge is 0.329 e. The van der Waals surface area contributed by atoms with Gasteiger partial charge in [0.05, 0.1) is 0 Å². The Morgan fingerprint density at radius 1 is 1.56 bits per heavy atom. The van der Waals surface area contributed by atoms with Crippen molar-refractivity contribution in [3.63, 3.8) is 0 Å². The van der Waals surface area contributed by atoms with Crippen LogP contribution in [0.2, 0.25) is 0 Å². The fraction of sp³-hybridized carbons (Fsp3) is 1.00. The first kappa shape index (κ1) is 8.88. The summed E-state index contributed by atoms with van der Waals surface area (Å²) >= 11 is 0. The first-order chi connectivity index (χ1) is 4.20.